The Balaban J connectivity index is 2.81. The third-order valence-electron chi connectivity index (χ3n) is 2.29. The molecule has 0 atom stereocenters. The van der Waals surface area contributed by atoms with E-state index in [9.17, 15) is 19.8 Å². The highest BCUT2D eigenvalue weighted by Crippen LogP contribution is 2.26. The van der Waals surface area contributed by atoms with Crippen LogP contribution in [0.15, 0.2) is 29.6 Å². The second kappa shape index (κ2) is 7.04. The van der Waals surface area contributed by atoms with Gasteiger partial charge in [0.25, 0.3) is 0 Å². The van der Waals surface area contributed by atoms with Crippen molar-refractivity contribution in [2.45, 2.75) is 19.8 Å². The Kier molecular flexibility index (Phi) is 5.39. The van der Waals surface area contributed by atoms with Crippen molar-refractivity contribution in [1.29, 1.82) is 0 Å². The van der Waals surface area contributed by atoms with Crippen LogP contribution in [-0.2, 0) is 0 Å². The number of amides is 1. The SMILES string of the molecule is CCCCN(N=O)C(=O)Oc1ccccc1[N+](=O)[O-]. The van der Waals surface area contributed by atoms with E-state index in [0.717, 1.165) is 6.42 Å². The van der Waals surface area contributed by atoms with Crippen LogP contribution in [0.3, 0.4) is 0 Å². The second-order valence-electron chi connectivity index (χ2n) is 3.65. The molecule has 0 aromatic heterocycles. The summed E-state index contributed by atoms with van der Waals surface area (Å²) in [6.07, 6.45) is 0.320. The van der Waals surface area contributed by atoms with Gasteiger partial charge in [-0.05, 0) is 12.5 Å². The molecule has 0 spiro atoms. The van der Waals surface area contributed by atoms with Gasteiger partial charge in [-0.15, -0.1) is 4.91 Å². The topological polar surface area (TPSA) is 102 Å². The van der Waals surface area contributed by atoms with Crippen LogP contribution in [0.25, 0.3) is 0 Å². The fourth-order valence-electron chi connectivity index (χ4n) is 1.31. The molecule has 0 unspecified atom stereocenters. The van der Waals surface area contributed by atoms with Gasteiger partial charge in [0.1, 0.15) is 0 Å². The smallest absolute Gasteiger partial charge is 0.401 e. The van der Waals surface area contributed by atoms with Crippen molar-refractivity contribution in [2.24, 2.45) is 5.29 Å². The van der Waals surface area contributed by atoms with Crippen LogP contribution in [-0.4, -0.2) is 22.6 Å². The van der Waals surface area contributed by atoms with Crippen molar-refractivity contribution < 1.29 is 14.5 Å². The van der Waals surface area contributed by atoms with E-state index < -0.39 is 11.0 Å². The Morgan fingerprint density at radius 3 is 2.74 bits per heavy atom. The largest absolute Gasteiger partial charge is 0.438 e. The number of unbranched alkanes of at least 4 members (excludes halogenated alkanes) is 1. The highest BCUT2D eigenvalue weighted by atomic mass is 16.6. The van der Waals surface area contributed by atoms with Gasteiger partial charge in [0.2, 0.25) is 5.75 Å². The number of para-hydroxylation sites is 2. The molecule has 0 radical (unpaired) electrons. The zero-order chi connectivity index (χ0) is 14.3. The summed E-state index contributed by atoms with van der Waals surface area (Å²) < 4.78 is 4.81. The van der Waals surface area contributed by atoms with Crippen molar-refractivity contribution in [2.75, 3.05) is 6.54 Å². The lowest BCUT2D eigenvalue weighted by molar-refractivity contribution is -0.385. The summed E-state index contributed by atoms with van der Waals surface area (Å²) in [6.45, 7) is 2.00. The number of nitroso groups, excluding NO2 is 1. The van der Waals surface area contributed by atoms with E-state index in [0.29, 0.717) is 11.4 Å². The average Bonchev–Trinajstić information content (AvgIpc) is 2.40. The molecule has 0 aliphatic heterocycles. The summed E-state index contributed by atoms with van der Waals surface area (Å²) in [4.78, 5) is 32.2. The molecule has 8 nitrogen and oxygen atoms in total. The summed E-state index contributed by atoms with van der Waals surface area (Å²) in [7, 11) is 0. The van der Waals surface area contributed by atoms with Crippen molar-refractivity contribution in [3.8, 4) is 5.75 Å². The van der Waals surface area contributed by atoms with E-state index in [-0.39, 0.29) is 18.0 Å². The standard InChI is InChI=1S/C11H13N3O5/c1-2-3-8-13(12-16)11(15)19-10-7-5-4-6-9(10)14(17)18/h4-7H,2-3,8H2,1H3. The number of hydrogen-bond donors (Lipinski definition) is 0. The van der Waals surface area contributed by atoms with Gasteiger partial charge in [-0.3, -0.25) is 10.1 Å². The maximum Gasteiger partial charge on any atom is 0.438 e. The van der Waals surface area contributed by atoms with Gasteiger partial charge >= 0.3 is 11.8 Å². The Morgan fingerprint density at radius 2 is 2.16 bits per heavy atom. The summed E-state index contributed by atoms with van der Waals surface area (Å²) >= 11 is 0. The molecule has 1 rings (SSSR count). The predicted molar refractivity (Wildman–Crippen MR) is 66.5 cm³/mol. The van der Waals surface area contributed by atoms with Crippen LogP contribution >= 0.6 is 0 Å². The maximum atomic E-state index is 11.6. The Bertz CT molecular complexity index is 477. The van der Waals surface area contributed by atoms with Gasteiger partial charge in [-0.25, -0.2) is 4.79 Å². The van der Waals surface area contributed by atoms with Crippen LogP contribution in [0.1, 0.15) is 19.8 Å². The van der Waals surface area contributed by atoms with Gasteiger partial charge in [-0.1, -0.05) is 25.5 Å². The highest BCUT2D eigenvalue weighted by molar-refractivity contribution is 5.71. The van der Waals surface area contributed by atoms with Crippen molar-refractivity contribution in [1.82, 2.24) is 5.01 Å². The molecular formula is C11H13N3O5. The molecule has 1 amide bonds. The van der Waals surface area contributed by atoms with Gasteiger partial charge in [0, 0.05) is 6.07 Å². The minimum atomic E-state index is -1.03. The normalized spacial score (nSPS) is 9.74. The van der Waals surface area contributed by atoms with E-state index in [1.807, 2.05) is 6.92 Å². The molecule has 8 heteroatoms. The molecule has 0 aliphatic carbocycles. The third kappa shape index (κ3) is 4.02. The molecule has 19 heavy (non-hydrogen) atoms. The number of ether oxygens (including phenoxy) is 1. The summed E-state index contributed by atoms with van der Waals surface area (Å²) in [5.41, 5.74) is -0.350. The zero-order valence-electron chi connectivity index (χ0n) is 10.3. The van der Waals surface area contributed by atoms with Crippen molar-refractivity contribution >= 4 is 11.8 Å². The quantitative estimate of drug-likeness (QED) is 0.448. The molecule has 0 N–H and O–H groups in total. The van der Waals surface area contributed by atoms with E-state index in [4.69, 9.17) is 4.74 Å². The van der Waals surface area contributed by atoms with Gasteiger partial charge in [0.05, 0.1) is 16.8 Å². The van der Waals surface area contributed by atoms with Gasteiger partial charge < -0.3 is 4.74 Å². The van der Waals surface area contributed by atoms with Crippen LogP contribution < -0.4 is 4.74 Å². The van der Waals surface area contributed by atoms with E-state index in [1.165, 1.54) is 24.3 Å². The Morgan fingerprint density at radius 1 is 1.47 bits per heavy atom. The minimum Gasteiger partial charge on any atom is -0.401 e. The zero-order valence-corrected chi connectivity index (χ0v) is 10.3. The minimum absolute atomic E-state index is 0.111. The number of nitrogens with zero attached hydrogens (tertiary/aromatic N) is 3. The van der Waals surface area contributed by atoms with Crippen LogP contribution in [0.4, 0.5) is 10.5 Å². The first-order valence-corrected chi connectivity index (χ1v) is 5.66. The molecule has 0 bridgehead atoms. The maximum absolute atomic E-state index is 11.6. The van der Waals surface area contributed by atoms with Crippen LogP contribution in [0.5, 0.6) is 5.75 Å². The number of carbonyl (C=O) groups excluding carboxylic acids is 1. The third-order valence-corrected chi connectivity index (χ3v) is 2.29. The van der Waals surface area contributed by atoms with E-state index in [2.05, 4.69) is 5.29 Å². The number of carbonyl (C=O) groups is 1. The van der Waals surface area contributed by atoms with E-state index >= 15 is 0 Å². The highest BCUT2D eigenvalue weighted by Gasteiger charge is 2.21. The number of hydrogen-bond acceptors (Lipinski definition) is 6. The lowest BCUT2D eigenvalue weighted by Crippen LogP contribution is -2.29. The van der Waals surface area contributed by atoms with E-state index in [1.54, 1.807) is 0 Å². The fraction of sp³-hybridized carbons (Fsp3) is 0.364. The molecule has 0 saturated heterocycles. The molecule has 0 aliphatic rings. The second-order valence-corrected chi connectivity index (χ2v) is 3.65. The number of nitro benzene ring substituents is 1. The fourth-order valence-corrected chi connectivity index (χ4v) is 1.31. The lowest BCUT2D eigenvalue weighted by Gasteiger charge is -2.12. The molecule has 0 fully saturated rings. The molecule has 1 aromatic rings. The first kappa shape index (κ1) is 14.6. The van der Waals surface area contributed by atoms with Crippen molar-refractivity contribution in [3.05, 3.63) is 39.3 Å². The Hall–Kier alpha value is -2.51. The van der Waals surface area contributed by atoms with Crippen molar-refractivity contribution in [3.63, 3.8) is 0 Å². The van der Waals surface area contributed by atoms with Gasteiger partial charge in [0.15, 0.2) is 0 Å². The molecule has 0 heterocycles. The summed E-state index contributed by atoms with van der Waals surface area (Å²) in [6, 6.07) is 5.41. The summed E-state index contributed by atoms with van der Waals surface area (Å²) in [5, 5.41) is 13.9. The number of rotatable bonds is 6. The van der Waals surface area contributed by atoms with Gasteiger partial charge in [-0.2, -0.15) is 5.01 Å². The first-order chi connectivity index (χ1) is 9.10. The molecule has 0 saturated carbocycles. The Labute approximate surface area is 109 Å². The summed E-state index contributed by atoms with van der Waals surface area (Å²) in [5.74, 6) is -0.220. The lowest BCUT2D eigenvalue weighted by atomic mass is 10.3. The first-order valence-electron chi connectivity index (χ1n) is 5.66. The molecule has 1 aromatic carbocycles. The number of nitro groups is 1. The number of benzene rings is 1. The van der Waals surface area contributed by atoms with Crippen LogP contribution in [0, 0.1) is 15.0 Å². The predicted octanol–water partition coefficient (Wildman–Crippen LogP) is 2.88. The molecular weight excluding hydrogens is 254 g/mol. The monoisotopic (exact) mass is 267 g/mol. The average molecular weight is 267 g/mol. The molecule has 102 valence electrons. The van der Waals surface area contributed by atoms with Crippen LogP contribution in [0.2, 0.25) is 0 Å².